The fourth-order valence-corrected chi connectivity index (χ4v) is 2.39. The van der Waals surface area contributed by atoms with E-state index in [-0.39, 0.29) is 11.6 Å². The molecule has 4 rings (SSSR count). The molecule has 0 saturated carbocycles. The van der Waals surface area contributed by atoms with Gasteiger partial charge in [-0.1, -0.05) is 30.3 Å². The number of aromatic amines is 1. The molecule has 0 radical (unpaired) electrons. The number of furan rings is 1. The van der Waals surface area contributed by atoms with Crippen molar-refractivity contribution in [2.75, 3.05) is 5.73 Å². The summed E-state index contributed by atoms with van der Waals surface area (Å²) in [7, 11) is 0. The van der Waals surface area contributed by atoms with Crippen LogP contribution in [0.1, 0.15) is 16.2 Å². The first kappa shape index (κ1) is 15.4. The van der Waals surface area contributed by atoms with E-state index in [1.165, 1.54) is 17.2 Å². The van der Waals surface area contributed by atoms with Gasteiger partial charge >= 0.3 is 0 Å². The van der Waals surface area contributed by atoms with Gasteiger partial charge in [0.25, 0.3) is 5.91 Å². The predicted molar refractivity (Wildman–Crippen MR) is 91.6 cm³/mol. The number of amides is 1. The maximum absolute atomic E-state index is 12.4. The van der Waals surface area contributed by atoms with Gasteiger partial charge < -0.3 is 10.2 Å². The first-order chi connectivity index (χ1) is 12.7. The van der Waals surface area contributed by atoms with E-state index < -0.39 is 5.91 Å². The molecule has 0 aliphatic heterocycles. The molecular weight excluding hydrogens is 338 g/mol. The van der Waals surface area contributed by atoms with Gasteiger partial charge in [-0.05, 0) is 22.4 Å². The molecule has 0 spiro atoms. The van der Waals surface area contributed by atoms with E-state index in [1.807, 2.05) is 30.3 Å². The van der Waals surface area contributed by atoms with Crippen LogP contribution in [0.5, 0.6) is 0 Å². The van der Waals surface area contributed by atoms with Crippen molar-refractivity contribution in [1.29, 1.82) is 0 Å². The molecule has 1 amide bonds. The molecule has 130 valence electrons. The van der Waals surface area contributed by atoms with Gasteiger partial charge in [0.15, 0.2) is 0 Å². The quantitative estimate of drug-likeness (QED) is 0.370. The lowest BCUT2D eigenvalue weighted by Gasteiger charge is -2.20. The average molecular weight is 351 g/mol. The van der Waals surface area contributed by atoms with Crippen LogP contribution in [0.4, 0.5) is 5.82 Å². The van der Waals surface area contributed by atoms with Crippen molar-refractivity contribution in [3.05, 3.63) is 60.2 Å². The van der Waals surface area contributed by atoms with Crippen LogP contribution >= 0.6 is 0 Å². The summed E-state index contributed by atoms with van der Waals surface area (Å²) < 4.78 is 11.3. The maximum Gasteiger partial charge on any atom is 0.291 e. The van der Waals surface area contributed by atoms with E-state index >= 15 is 0 Å². The van der Waals surface area contributed by atoms with Crippen LogP contribution in [0.15, 0.2) is 62.9 Å². The van der Waals surface area contributed by atoms with Crippen LogP contribution in [0.2, 0.25) is 0 Å². The van der Waals surface area contributed by atoms with Gasteiger partial charge in [0, 0.05) is 5.56 Å². The highest BCUT2D eigenvalue weighted by Crippen LogP contribution is 2.29. The molecule has 3 aromatic heterocycles. The van der Waals surface area contributed by atoms with E-state index in [1.54, 1.807) is 12.1 Å². The molecule has 4 N–H and O–H groups in total. The number of benzene rings is 1. The predicted octanol–water partition coefficient (Wildman–Crippen LogP) is 1.79. The van der Waals surface area contributed by atoms with E-state index in [9.17, 15) is 4.79 Å². The molecule has 4 aromatic rings. The highest BCUT2D eigenvalue weighted by molar-refractivity contribution is 5.99. The molecule has 0 aliphatic rings. The Labute approximate surface area is 146 Å². The summed E-state index contributed by atoms with van der Waals surface area (Å²) in [5.41, 5.74) is 9.83. The first-order valence-corrected chi connectivity index (χ1v) is 7.55. The lowest BCUT2D eigenvalue weighted by molar-refractivity contribution is 0.0945. The summed E-state index contributed by atoms with van der Waals surface area (Å²) in [5, 5.41) is 14.0. The molecule has 0 unspecified atom stereocenters. The van der Waals surface area contributed by atoms with Gasteiger partial charge in [0.2, 0.25) is 11.6 Å². The third-order valence-electron chi connectivity index (χ3n) is 3.57. The Kier molecular flexibility index (Phi) is 3.82. The SMILES string of the molecule is Nc1nonc1-n1[nH]c(C(=O)N/N=C/c2ccco2)c1-c1ccccc1. The van der Waals surface area contributed by atoms with Crippen molar-refractivity contribution >= 4 is 17.9 Å². The molecule has 26 heavy (non-hydrogen) atoms. The average Bonchev–Trinajstić information content (AvgIpc) is 3.27. The van der Waals surface area contributed by atoms with Crippen molar-refractivity contribution in [3.63, 3.8) is 0 Å². The zero-order valence-corrected chi connectivity index (χ0v) is 13.3. The summed E-state index contributed by atoms with van der Waals surface area (Å²) in [6, 6.07) is 12.7. The lowest BCUT2D eigenvalue weighted by Crippen LogP contribution is -2.28. The fourth-order valence-electron chi connectivity index (χ4n) is 2.39. The third kappa shape index (κ3) is 2.75. The number of carbonyl (C=O) groups is 1. The minimum Gasteiger partial charge on any atom is -0.463 e. The van der Waals surface area contributed by atoms with Crippen LogP contribution < -0.4 is 11.2 Å². The van der Waals surface area contributed by atoms with Crippen molar-refractivity contribution in [1.82, 2.24) is 25.5 Å². The molecule has 10 heteroatoms. The van der Waals surface area contributed by atoms with Gasteiger partial charge in [-0.25, -0.2) is 14.7 Å². The minimum atomic E-state index is -0.432. The number of nitrogen functional groups attached to an aromatic ring is 1. The highest BCUT2D eigenvalue weighted by Gasteiger charge is 2.26. The Hall–Kier alpha value is -4.08. The van der Waals surface area contributed by atoms with Gasteiger partial charge in [-0.3, -0.25) is 9.89 Å². The minimum absolute atomic E-state index is 0.0984. The summed E-state index contributed by atoms with van der Waals surface area (Å²) in [4.78, 5) is 12.4. The smallest absolute Gasteiger partial charge is 0.291 e. The number of hydrogen-bond acceptors (Lipinski definition) is 7. The van der Waals surface area contributed by atoms with Crippen molar-refractivity contribution < 1.29 is 13.8 Å². The van der Waals surface area contributed by atoms with Gasteiger partial charge in [-0.2, -0.15) is 5.10 Å². The molecule has 3 heterocycles. The van der Waals surface area contributed by atoms with E-state index in [2.05, 4.69) is 30.6 Å². The molecular formula is C16H13N7O3. The van der Waals surface area contributed by atoms with Crippen molar-refractivity contribution in [2.24, 2.45) is 5.10 Å². The Balaban J connectivity index is 1.64. The van der Waals surface area contributed by atoms with Gasteiger partial charge in [-0.15, -0.1) is 0 Å². The second-order valence-corrected chi connectivity index (χ2v) is 5.22. The van der Waals surface area contributed by atoms with E-state index in [0.29, 0.717) is 17.1 Å². The molecule has 0 atom stereocenters. The number of carbonyl (C=O) groups excluding carboxylic acids is 1. The second kappa shape index (κ2) is 6.43. The maximum atomic E-state index is 12.4. The fraction of sp³-hybridized carbons (Fsp3) is 0. The summed E-state index contributed by atoms with van der Waals surface area (Å²) in [6.07, 6.45) is 2.91. The lowest BCUT2D eigenvalue weighted by atomic mass is 10.1. The number of nitrogens with zero attached hydrogens (tertiary/aromatic N) is 4. The summed E-state index contributed by atoms with van der Waals surface area (Å²) in [6.45, 7) is 0. The number of nitrogens with one attached hydrogen (secondary N) is 2. The van der Waals surface area contributed by atoms with Crippen molar-refractivity contribution in [3.8, 4) is 17.1 Å². The Bertz CT molecular complexity index is 1040. The highest BCUT2D eigenvalue weighted by atomic mass is 16.6. The number of nitrogens with two attached hydrogens (primary N) is 1. The number of anilines is 1. The third-order valence-corrected chi connectivity index (χ3v) is 3.57. The van der Waals surface area contributed by atoms with Crippen LogP contribution in [-0.4, -0.2) is 32.2 Å². The number of hydrogen-bond donors (Lipinski definition) is 3. The number of hydrazone groups is 1. The summed E-state index contributed by atoms with van der Waals surface area (Å²) in [5.74, 6) is 0.450. The number of H-pyrrole nitrogens is 1. The number of rotatable bonds is 5. The first-order valence-electron chi connectivity index (χ1n) is 7.55. The summed E-state index contributed by atoms with van der Waals surface area (Å²) >= 11 is 0. The zero-order chi connectivity index (χ0) is 17.9. The molecule has 0 bridgehead atoms. The van der Waals surface area contributed by atoms with E-state index in [4.69, 9.17) is 10.2 Å². The standard InChI is InChI=1S/C16H13N7O3/c17-14-15(22-26-21-14)23-13(10-5-2-1-3-6-10)12(20-23)16(24)19-18-9-11-7-4-8-25-11/h1-9,20H,(H2,17,21)(H,19,24)/b18-9+. The molecule has 1 aromatic carbocycles. The van der Waals surface area contributed by atoms with E-state index in [0.717, 1.165) is 5.56 Å². The van der Waals surface area contributed by atoms with Crippen LogP contribution in [0.25, 0.3) is 17.1 Å². The topological polar surface area (TPSA) is 140 Å². The number of aromatic nitrogens is 4. The molecule has 0 aliphatic carbocycles. The molecule has 0 saturated heterocycles. The Morgan fingerprint density at radius 2 is 2.08 bits per heavy atom. The van der Waals surface area contributed by atoms with Gasteiger partial charge in [0.1, 0.15) is 17.1 Å². The van der Waals surface area contributed by atoms with Crippen LogP contribution in [0, 0.1) is 0 Å². The molecule has 10 nitrogen and oxygen atoms in total. The molecule has 0 fully saturated rings. The second-order valence-electron chi connectivity index (χ2n) is 5.22. The van der Waals surface area contributed by atoms with Crippen LogP contribution in [-0.2, 0) is 0 Å². The Morgan fingerprint density at radius 3 is 2.77 bits per heavy atom. The van der Waals surface area contributed by atoms with Crippen LogP contribution in [0.3, 0.4) is 0 Å². The monoisotopic (exact) mass is 351 g/mol. The Morgan fingerprint density at radius 1 is 1.23 bits per heavy atom. The normalized spacial score (nSPS) is 11.2. The van der Waals surface area contributed by atoms with Crippen molar-refractivity contribution in [2.45, 2.75) is 0 Å². The largest absolute Gasteiger partial charge is 0.463 e. The zero-order valence-electron chi connectivity index (χ0n) is 13.3. The van der Waals surface area contributed by atoms with Gasteiger partial charge in [0.05, 0.1) is 12.5 Å².